The highest BCUT2D eigenvalue weighted by Crippen LogP contribution is 2.26. The number of carbonyl (C=O) groups is 1. The van der Waals surface area contributed by atoms with E-state index in [1.807, 2.05) is 19.1 Å². The maximum absolute atomic E-state index is 11.6. The molecule has 0 radical (unpaired) electrons. The lowest BCUT2D eigenvalue weighted by atomic mass is 10.1. The molecule has 3 aromatic rings. The number of aliphatic carboxylic acids is 1. The third kappa shape index (κ3) is 5.96. The summed E-state index contributed by atoms with van der Waals surface area (Å²) in [5, 5.41) is 25.6. The minimum absolute atomic E-state index is 0.128. The van der Waals surface area contributed by atoms with Gasteiger partial charge >= 0.3 is 5.97 Å². The number of hydrogen-bond acceptors (Lipinski definition) is 6. The number of carboxylic acids is 1. The summed E-state index contributed by atoms with van der Waals surface area (Å²) in [7, 11) is 0. The first kappa shape index (κ1) is 21.1. The molecule has 0 saturated heterocycles. The van der Waals surface area contributed by atoms with Crippen LogP contribution in [0.5, 0.6) is 5.75 Å². The van der Waals surface area contributed by atoms with E-state index in [4.69, 9.17) is 10.00 Å². The van der Waals surface area contributed by atoms with E-state index >= 15 is 0 Å². The van der Waals surface area contributed by atoms with Crippen molar-refractivity contribution in [2.75, 3.05) is 0 Å². The highest BCUT2D eigenvalue weighted by Gasteiger charge is 2.13. The molecule has 30 heavy (non-hydrogen) atoms. The number of rotatable bonds is 9. The second-order valence-corrected chi connectivity index (χ2v) is 7.41. The van der Waals surface area contributed by atoms with E-state index < -0.39 is 5.97 Å². The Labute approximate surface area is 178 Å². The SMILES string of the molecule is CCCc1nc(S/C(=C\c2ccc(OCc3ccc(C#N)cc3)cc2)C(=O)O)n[nH]1. The Morgan fingerprint density at radius 1 is 1.23 bits per heavy atom. The third-order valence-electron chi connectivity index (χ3n) is 4.08. The van der Waals surface area contributed by atoms with E-state index in [2.05, 4.69) is 21.3 Å². The van der Waals surface area contributed by atoms with Gasteiger partial charge in [0.1, 0.15) is 23.1 Å². The molecule has 2 aromatic carbocycles. The van der Waals surface area contributed by atoms with Gasteiger partial charge in [0.05, 0.1) is 11.6 Å². The smallest absolute Gasteiger partial charge is 0.342 e. The van der Waals surface area contributed by atoms with Gasteiger partial charge in [0.25, 0.3) is 0 Å². The molecule has 1 aromatic heterocycles. The second kappa shape index (κ2) is 10.3. The zero-order valence-corrected chi connectivity index (χ0v) is 17.1. The van der Waals surface area contributed by atoms with Crippen molar-refractivity contribution in [3.05, 3.63) is 76.0 Å². The molecular formula is C22H20N4O3S. The molecule has 2 N–H and O–H groups in total. The first-order valence-corrected chi connectivity index (χ1v) is 10.1. The van der Waals surface area contributed by atoms with Crippen molar-refractivity contribution in [1.29, 1.82) is 5.26 Å². The average molecular weight is 420 g/mol. The minimum Gasteiger partial charge on any atom is -0.489 e. The van der Waals surface area contributed by atoms with Crippen LogP contribution in [0.4, 0.5) is 0 Å². The standard InChI is InChI=1S/C22H20N4O3S/c1-2-3-20-24-22(26-25-20)30-19(21(27)28)12-15-8-10-18(11-9-15)29-14-17-6-4-16(13-23)5-7-17/h4-12H,2-3,14H2,1H3,(H,27,28)(H,24,25,26)/b19-12-. The number of nitrogens with zero attached hydrogens (tertiary/aromatic N) is 3. The molecule has 0 spiro atoms. The fraction of sp³-hybridized carbons (Fsp3) is 0.182. The zero-order chi connectivity index (χ0) is 21.3. The normalized spacial score (nSPS) is 11.1. The van der Waals surface area contributed by atoms with Gasteiger partial charge in [-0.1, -0.05) is 31.2 Å². The van der Waals surface area contributed by atoms with Crippen molar-refractivity contribution < 1.29 is 14.6 Å². The van der Waals surface area contributed by atoms with Crippen molar-refractivity contribution >= 4 is 23.8 Å². The molecule has 0 amide bonds. The van der Waals surface area contributed by atoms with Gasteiger partial charge in [0.15, 0.2) is 0 Å². The number of aromatic amines is 1. The number of thioether (sulfide) groups is 1. The van der Waals surface area contributed by atoms with Crippen molar-refractivity contribution in [2.45, 2.75) is 31.5 Å². The van der Waals surface area contributed by atoms with Crippen LogP contribution >= 0.6 is 11.8 Å². The van der Waals surface area contributed by atoms with Crippen LogP contribution in [0.2, 0.25) is 0 Å². The molecule has 0 aliphatic carbocycles. The molecular weight excluding hydrogens is 400 g/mol. The van der Waals surface area contributed by atoms with E-state index in [1.54, 1.807) is 42.5 Å². The van der Waals surface area contributed by atoms with Crippen LogP contribution in [0.3, 0.4) is 0 Å². The summed E-state index contributed by atoms with van der Waals surface area (Å²) in [6.45, 7) is 2.41. The van der Waals surface area contributed by atoms with Crippen molar-refractivity contribution in [3.8, 4) is 11.8 Å². The van der Waals surface area contributed by atoms with Crippen LogP contribution in [-0.2, 0) is 17.8 Å². The molecule has 0 saturated carbocycles. The van der Waals surface area contributed by atoms with E-state index in [0.717, 1.165) is 41.6 Å². The van der Waals surface area contributed by atoms with Crippen LogP contribution in [0.1, 0.15) is 35.9 Å². The van der Waals surface area contributed by atoms with Crippen LogP contribution in [-0.4, -0.2) is 26.3 Å². The Morgan fingerprint density at radius 3 is 2.60 bits per heavy atom. The lowest BCUT2D eigenvalue weighted by Gasteiger charge is -2.07. The van der Waals surface area contributed by atoms with Crippen molar-refractivity contribution in [2.24, 2.45) is 0 Å². The molecule has 0 aliphatic rings. The summed E-state index contributed by atoms with van der Waals surface area (Å²) in [6, 6.07) is 16.4. The molecule has 0 bridgehead atoms. The second-order valence-electron chi connectivity index (χ2n) is 6.40. The van der Waals surface area contributed by atoms with Gasteiger partial charge < -0.3 is 9.84 Å². The fourth-order valence-corrected chi connectivity index (χ4v) is 3.29. The summed E-state index contributed by atoms with van der Waals surface area (Å²) in [6.07, 6.45) is 3.28. The molecule has 0 atom stereocenters. The van der Waals surface area contributed by atoms with E-state index in [1.165, 1.54) is 0 Å². The Hall–Kier alpha value is -3.57. The number of nitriles is 1. The number of nitrogens with one attached hydrogen (secondary N) is 1. The number of hydrogen-bond donors (Lipinski definition) is 2. The topological polar surface area (TPSA) is 112 Å². The monoisotopic (exact) mass is 420 g/mol. The number of benzene rings is 2. The largest absolute Gasteiger partial charge is 0.489 e. The van der Waals surface area contributed by atoms with Crippen LogP contribution in [0.25, 0.3) is 6.08 Å². The van der Waals surface area contributed by atoms with Gasteiger partial charge in [-0.15, -0.1) is 5.10 Å². The maximum atomic E-state index is 11.6. The van der Waals surface area contributed by atoms with Crippen molar-refractivity contribution in [1.82, 2.24) is 15.2 Å². The first-order valence-electron chi connectivity index (χ1n) is 9.33. The number of ether oxygens (including phenoxy) is 1. The minimum atomic E-state index is -1.04. The van der Waals surface area contributed by atoms with Gasteiger partial charge in [-0.25, -0.2) is 9.78 Å². The van der Waals surface area contributed by atoms with Gasteiger partial charge in [0, 0.05) is 6.42 Å². The number of aromatic nitrogens is 3. The van der Waals surface area contributed by atoms with E-state index in [-0.39, 0.29) is 4.91 Å². The van der Waals surface area contributed by atoms with Gasteiger partial charge in [-0.2, -0.15) is 5.26 Å². The predicted octanol–water partition coefficient (Wildman–Crippen LogP) is 4.43. The Bertz CT molecular complexity index is 1070. The summed E-state index contributed by atoms with van der Waals surface area (Å²) in [5.74, 6) is 0.371. The summed E-state index contributed by atoms with van der Waals surface area (Å²) >= 11 is 1.01. The highest BCUT2D eigenvalue weighted by molar-refractivity contribution is 8.04. The average Bonchev–Trinajstić information content (AvgIpc) is 3.20. The lowest BCUT2D eigenvalue weighted by Crippen LogP contribution is -1.98. The van der Waals surface area contributed by atoms with Crippen LogP contribution in [0, 0.1) is 11.3 Å². The molecule has 0 unspecified atom stereocenters. The Balaban J connectivity index is 1.64. The molecule has 0 fully saturated rings. The maximum Gasteiger partial charge on any atom is 0.342 e. The number of H-pyrrole nitrogens is 1. The van der Waals surface area contributed by atoms with Gasteiger partial charge in [-0.05, 0) is 59.7 Å². The lowest BCUT2D eigenvalue weighted by molar-refractivity contribution is -0.131. The van der Waals surface area contributed by atoms with Gasteiger partial charge in [0.2, 0.25) is 5.16 Å². The highest BCUT2D eigenvalue weighted by atomic mass is 32.2. The molecule has 7 nitrogen and oxygen atoms in total. The van der Waals surface area contributed by atoms with Crippen LogP contribution < -0.4 is 4.74 Å². The molecule has 152 valence electrons. The van der Waals surface area contributed by atoms with Gasteiger partial charge in [-0.3, -0.25) is 5.10 Å². The fourth-order valence-electron chi connectivity index (χ4n) is 2.56. The molecule has 1 heterocycles. The molecule has 8 heteroatoms. The Kier molecular flexibility index (Phi) is 7.24. The third-order valence-corrected chi connectivity index (χ3v) is 4.95. The first-order chi connectivity index (χ1) is 14.6. The molecule has 0 aliphatic heterocycles. The molecule has 3 rings (SSSR count). The van der Waals surface area contributed by atoms with E-state index in [0.29, 0.717) is 23.1 Å². The van der Waals surface area contributed by atoms with E-state index in [9.17, 15) is 9.90 Å². The predicted molar refractivity (Wildman–Crippen MR) is 114 cm³/mol. The summed E-state index contributed by atoms with van der Waals surface area (Å²) < 4.78 is 5.75. The zero-order valence-electron chi connectivity index (χ0n) is 16.3. The number of aryl methyl sites for hydroxylation is 1. The summed E-state index contributed by atoms with van der Waals surface area (Å²) in [5.41, 5.74) is 2.29. The summed E-state index contributed by atoms with van der Waals surface area (Å²) in [4.78, 5) is 16.0. The quantitative estimate of drug-likeness (QED) is 0.389. The van der Waals surface area contributed by atoms with Crippen molar-refractivity contribution in [3.63, 3.8) is 0 Å². The van der Waals surface area contributed by atoms with Crippen LogP contribution in [0.15, 0.2) is 58.6 Å². The Morgan fingerprint density at radius 2 is 1.97 bits per heavy atom. The number of carboxylic acid groups (broad SMARTS) is 1.